The van der Waals surface area contributed by atoms with Crippen LogP contribution in [-0.2, 0) is 11.3 Å². The van der Waals surface area contributed by atoms with Crippen LogP contribution in [-0.4, -0.2) is 37.4 Å². The average molecular weight is 362 g/mol. The van der Waals surface area contributed by atoms with Gasteiger partial charge in [0.05, 0.1) is 7.11 Å². The van der Waals surface area contributed by atoms with E-state index < -0.39 is 0 Å². The van der Waals surface area contributed by atoms with Crippen LogP contribution in [0.3, 0.4) is 0 Å². The summed E-state index contributed by atoms with van der Waals surface area (Å²) in [5, 5.41) is 0.615. The number of nitrogens with zero attached hydrogens (tertiary/aromatic N) is 1. The van der Waals surface area contributed by atoms with Crippen molar-refractivity contribution in [2.45, 2.75) is 13.5 Å². The maximum absolute atomic E-state index is 12.3. The van der Waals surface area contributed by atoms with Gasteiger partial charge in [0, 0.05) is 24.2 Å². The molecular weight excluding hydrogens is 342 g/mol. The molecular formula is C19H20ClNO4. The molecule has 25 heavy (non-hydrogen) atoms. The first-order valence-electron chi connectivity index (χ1n) is 7.71. The van der Waals surface area contributed by atoms with E-state index in [4.69, 9.17) is 21.1 Å². The molecule has 2 aromatic carbocycles. The second-order valence-electron chi connectivity index (χ2n) is 5.55. The zero-order chi connectivity index (χ0) is 18.4. The molecule has 0 unspecified atom stereocenters. The van der Waals surface area contributed by atoms with Crippen LogP contribution in [0, 0.1) is 0 Å². The summed E-state index contributed by atoms with van der Waals surface area (Å²) >= 11 is 6.11. The maximum Gasteiger partial charge on any atom is 0.260 e. The third-order valence-corrected chi connectivity index (χ3v) is 4.08. The van der Waals surface area contributed by atoms with Crippen LogP contribution in [0.2, 0.25) is 5.02 Å². The number of hydrogen-bond acceptors (Lipinski definition) is 4. The summed E-state index contributed by atoms with van der Waals surface area (Å²) in [7, 11) is 3.17. The first-order chi connectivity index (χ1) is 11.9. The van der Waals surface area contributed by atoms with E-state index in [0.29, 0.717) is 28.6 Å². The summed E-state index contributed by atoms with van der Waals surface area (Å²) in [4.78, 5) is 25.2. The number of amides is 1. The van der Waals surface area contributed by atoms with Crippen LogP contribution in [0.15, 0.2) is 42.5 Å². The van der Waals surface area contributed by atoms with Gasteiger partial charge in [-0.3, -0.25) is 9.59 Å². The number of hydrogen-bond donors (Lipinski definition) is 0. The van der Waals surface area contributed by atoms with Gasteiger partial charge in [-0.1, -0.05) is 29.8 Å². The molecule has 0 N–H and O–H groups in total. The predicted molar refractivity (Wildman–Crippen MR) is 96.4 cm³/mol. The van der Waals surface area contributed by atoms with Crippen molar-refractivity contribution in [1.29, 1.82) is 0 Å². The molecule has 0 spiro atoms. The topological polar surface area (TPSA) is 55.8 Å². The molecule has 0 atom stereocenters. The van der Waals surface area contributed by atoms with Crippen LogP contribution in [0.1, 0.15) is 22.8 Å². The SMILES string of the molecule is COc1cc(C(C)=O)ccc1OCC(=O)N(C)Cc1ccccc1Cl. The minimum Gasteiger partial charge on any atom is -0.493 e. The van der Waals surface area contributed by atoms with Gasteiger partial charge in [-0.15, -0.1) is 0 Å². The molecule has 5 nitrogen and oxygen atoms in total. The average Bonchev–Trinajstić information content (AvgIpc) is 2.61. The summed E-state index contributed by atoms with van der Waals surface area (Å²) in [6.07, 6.45) is 0. The number of ketones is 1. The Morgan fingerprint density at radius 3 is 2.48 bits per heavy atom. The molecule has 2 rings (SSSR count). The molecule has 1 amide bonds. The standard InChI is InChI=1S/C19H20ClNO4/c1-13(22)14-8-9-17(18(10-14)24-3)25-12-19(23)21(2)11-15-6-4-5-7-16(15)20/h4-10H,11-12H2,1-3H3. The van der Waals surface area contributed by atoms with Gasteiger partial charge in [-0.25, -0.2) is 0 Å². The highest BCUT2D eigenvalue weighted by atomic mass is 35.5. The fourth-order valence-corrected chi connectivity index (χ4v) is 2.42. The van der Waals surface area contributed by atoms with Gasteiger partial charge >= 0.3 is 0 Å². The monoisotopic (exact) mass is 361 g/mol. The van der Waals surface area contributed by atoms with Crippen molar-refractivity contribution < 1.29 is 19.1 Å². The number of carbonyl (C=O) groups is 2. The van der Waals surface area contributed by atoms with E-state index >= 15 is 0 Å². The third-order valence-electron chi connectivity index (χ3n) is 3.71. The Morgan fingerprint density at radius 2 is 1.84 bits per heavy atom. The summed E-state index contributed by atoms with van der Waals surface area (Å²) in [6.45, 7) is 1.72. The fraction of sp³-hybridized carbons (Fsp3) is 0.263. The smallest absolute Gasteiger partial charge is 0.260 e. The van der Waals surface area contributed by atoms with E-state index in [0.717, 1.165) is 5.56 Å². The highest BCUT2D eigenvalue weighted by Gasteiger charge is 2.14. The molecule has 0 radical (unpaired) electrons. The fourth-order valence-electron chi connectivity index (χ4n) is 2.23. The Bertz CT molecular complexity index is 776. The van der Waals surface area contributed by atoms with Crippen molar-refractivity contribution in [3.05, 3.63) is 58.6 Å². The number of likely N-dealkylation sites (N-methyl/N-ethyl adjacent to an activating group) is 1. The van der Waals surface area contributed by atoms with Crippen molar-refractivity contribution in [2.24, 2.45) is 0 Å². The van der Waals surface area contributed by atoms with Gasteiger partial charge in [0.1, 0.15) is 0 Å². The Kier molecular flexibility index (Phi) is 6.42. The molecule has 0 aliphatic heterocycles. The Balaban J connectivity index is 1.99. The maximum atomic E-state index is 12.3. The van der Waals surface area contributed by atoms with Crippen LogP contribution in [0.5, 0.6) is 11.5 Å². The second-order valence-corrected chi connectivity index (χ2v) is 5.96. The summed E-state index contributed by atoms with van der Waals surface area (Å²) in [5.41, 5.74) is 1.38. The third kappa shape index (κ3) is 4.97. The van der Waals surface area contributed by atoms with Crippen molar-refractivity contribution >= 4 is 23.3 Å². The van der Waals surface area contributed by atoms with Crippen LogP contribution in [0.4, 0.5) is 0 Å². The molecule has 0 aromatic heterocycles. The van der Waals surface area contributed by atoms with Crippen molar-refractivity contribution in [1.82, 2.24) is 4.90 Å². The van der Waals surface area contributed by atoms with E-state index in [1.165, 1.54) is 18.9 Å². The van der Waals surface area contributed by atoms with Gasteiger partial charge in [0.2, 0.25) is 0 Å². The highest BCUT2D eigenvalue weighted by molar-refractivity contribution is 6.31. The van der Waals surface area contributed by atoms with Gasteiger partial charge in [0.25, 0.3) is 5.91 Å². The van der Waals surface area contributed by atoms with Crippen LogP contribution >= 0.6 is 11.6 Å². The predicted octanol–water partition coefficient (Wildman–Crippen LogP) is 3.59. The van der Waals surface area contributed by atoms with E-state index in [1.54, 1.807) is 31.3 Å². The quantitative estimate of drug-likeness (QED) is 0.707. The summed E-state index contributed by atoms with van der Waals surface area (Å²) in [5.74, 6) is 0.555. The van der Waals surface area contributed by atoms with Gasteiger partial charge in [-0.05, 0) is 36.8 Å². The van der Waals surface area contributed by atoms with Crippen molar-refractivity contribution in [2.75, 3.05) is 20.8 Å². The Morgan fingerprint density at radius 1 is 1.12 bits per heavy atom. The first-order valence-corrected chi connectivity index (χ1v) is 8.09. The number of carbonyl (C=O) groups excluding carboxylic acids is 2. The minimum absolute atomic E-state index is 0.0691. The lowest BCUT2D eigenvalue weighted by molar-refractivity contribution is -0.132. The van der Waals surface area contributed by atoms with Gasteiger partial charge < -0.3 is 14.4 Å². The number of ether oxygens (including phenoxy) is 2. The lowest BCUT2D eigenvalue weighted by Crippen LogP contribution is -2.31. The van der Waals surface area contributed by atoms with E-state index in [-0.39, 0.29) is 18.3 Å². The molecule has 132 valence electrons. The Labute approximate surface area is 152 Å². The number of Topliss-reactive ketones (excluding diaryl/α,β-unsaturated/α-hetero) is 1. The molecule has 0 saturated carbocycles. The lowest BCUT2D eigenvalue weighted by atomic mass is 10.1. The Hall–Kier alpha value is -2.53. The normalized spacial score (nSPS) is 10.2. The van der Waals surface area contributed by atoms with Crippen LogP contribution in [0.25, 0.3) is 0 Å². The molecule has 0 aliphatic rings. The minimum atomic E-state index is -0.197. The molecule has 0 bridgehead atoms. The zero-order valence-corrected chi connectivity index (χ0v) is 15.2. The largest absolute Gasteiger partial charge is 0.493 e. The first kappa shape index (κ1) is 18.8. The van der Waals surface area contributed by atoms with Gasteiger partial charge in [-0.2, -0.15) is 0 Å². The van der Waals surface area contributed by atoms with Crippen molar-refractivity contribution in [3.8, 4) is 11.5 Å². The zero-order valence-electron chi connectivity index (χ0n) is 14.4. The summed E-state index contributed by atoms with van der Waals surface area (Å²) in [6, 6.07) is 12.2. The van der Waals surface area contributed by atoms with E-state index in [2.05, 4.69) is 0 Å². The number of methoxy groups -OCH3 is 1. The number of halogens is 1. The van der Waals surface area contributed by atoms with E-state index in [1.807, 2.05) is 18.2 Å². The molecule has 0 heterocycles. The van der Waals surface area contributed by atoms with Gasteiger partial charge in [0.15, 0.2) is 23.9 Å². The van der Waals surface area contributed by atoms with Crippen molar-refractivity contribution in [3.63, 3.8) is 0 Å². The lowest BCUT2D eigenvalue weighted by Gasteiger charge is -2.19. The highest BCUT2D eigenvalue weighted by Crippen LogP contribution is 2.28. The molecule has 0 aliphatic carbocycles. The molecule has 0 saturated heterocycles. The second kappa shape index (κ2) is 8.53. The van der Waals surface area contributed by atoms with E-state index in [9.17, 15) is 9.59 Å². The number of rotatable bonds is 7. The van der Waals surface area contributed by atoms with Crippen LogP contribution < -0.4 is 9.47 Å². The number of benzene rings is 2. The summed E-state index contributed by atoms with van der Waals surface area (Å²) < 4.78 is 10.8. The molecule has 0 fully saturated rings. The molecule has 6 heteroatoms. The molecule has 2 aromatic rings.